The van der Waals surface area contributed by atoms with Gasteiger partial charge in [-0.05, 0) is 4.94 Å². The van der Waals surface area contributed by atoms with Crippen molar-refractivity contribution in [2.75, 3.05) is 14.1 Å². The second kappa shape index (κ2) is 2.89. The fraction of sp³-hybridized carbons (Fsp3) is 1.00. The predicted molar refractivity (Wildman–Crippen MR) is 21.6 cm³/mol. The van der Waals surface area contributed by atoms with E-state index in [-0.39, 0.29) is 0 Å². The second-order valence-corrected chi connectivity index (χ2v) is 1.09. The second-order valence-electron chi connectivity index (χ2n) is 1.09. The molecule has 0 spiro atoms. The first-order valence-corrected chi connectivity index (χ1v) is 1.82. The lowest BCUT2D eigenvalue weighted by Gasteiger charge is -2.17. The third kappa shape index (κ3) is 5.80. The maximum absolute atomic E-state index is 9.81. The molecule has 0 aromatic carbocycles. The molecule has 2 unspecified atom stereocenters. The Labute approximate surface area is 41.1 Å². The SMILES string of the molecule is C[NH+]([O-])O[NH+](C)[O-]. The minimum absolute atomic E-state index is 0.562. The van der Waals surface area contributed by atoms with Gasteiger partial charge in [0.25, 0.3) is 0 Å². The van der Waals surface area contributed by atoms with Gasteiger partial charge in [0.05, 0.1) is 0 Å². The molecule has 0 saturated heterocycles. The number of hydrogen-bond donors (Lipinski definition) is 2. The summed E-state index contributed by atoms with van der Waals surface area (Å²) in [7, 11) is 2.36. The summed E-state index contributed by atoms with van der Waals surface area (Å²) in [6, 6.07) is 0. The van der Waals surface area contributed by atoms with E-state index >= 15 is 0 Å². The summed E-state index contributed by atoms with van der Waals surface area (Å²) >= 11 is 0. The molecule has 0 bridgehead atoms. The molecule has 44 valence electrons. The van der Waals surface area contributed by atoms with Crippen molar-refractivity contribution in [3.8, 4) is 0 Å². The monoisotopic (exact) mass is 108 g/mol. The van der Waals surface area contributed by atoms with Gasteiger partial charge in [-0.1, -0.05) is 0 Å². The van der Waals surface area contributed by atoms with Crippen LogP contribution in [0.1, 0.15) is 0 Å². The Morgan fingerprint density at radius 3 is 1.43 bits per heavy atom. The highest BCUT2D eigenvalue weighted by Crippen LogP contribution is 1.20. The Morgan fingerprint density at radius 1 is 1.14 bits per heavy atom. The van der Waals surface area contributed by atoms with E-state index in [9.17, 15) is 10.4 Å². The van der Waals surface area contributed by atoms with Gasteiger partial charge in [-0.25, -0.2) is 0 Å². The summed E-state index contributed by atoms with van der Waals surface area (Å²) in [5.41, 5.74) is 0. The van der Waals surface area contributed by atoms with E-state index in [1.54, 1.807) is 0 Å². The Kier molecular flexibility index (Phi) is 2.81. The van der Waals surface area contributed by atoms with Crippen molar-refractivity contribution in [3.05, 3.63) is 10.4 Å². The van der Waals surface area contributed by atoms with Crippen LogP contribution >= 0.6 is 0 Å². The molecule has 7 heavy (non-hydrogen) atoms. The van der Waals surface area contributed by atoms with Gasteiger partial charge in [0.2, 0.25) is 0 Å². The van der Waals surface area contributed by atoms with Crippen molar-refractivity contribution in [3.63, 3.8) is 0 Å². The smallest absolute Gasteiger partial charge is 0.102 e. The van der Waals surface area contributed by atoms with Gasteiger partial charge >= 0.3 is 0 Å². The average Bonchev–Trinajstić information content (AvgIpc) is 1.27. The molecule has 2 atom stereocenters. The summed E-state index contributed by atoms with van der Waals surface area (Å²) in [4.78, 5) is 3.97. The Balaban J connectivity index is 2.95. The average molecular weight is 108 g/mol. The maximum Gasteiger partial charge on any atom is 0.102 e. The topological polar surface area (TPSA) is 64.2 Å². The third-order valence-electron chi connectivity index (χ3n) is 0.287. The lowest BCUT2D eigenvalue weighted by Crippen LogP contribution is -3.22. The normalized spacial score (nSPS) is 18.9. The van der Waals surface area contributed by atoms with Crippen molar-refractivity contribution in [2.24, 2.45) is 0 Å². The molecule has 0 aliphatic heterocycles. The van der Waals surface area contributed by atoms with Gasteiger partial charge in [-0.15, -0.1) is 0 Å². The van der Waals surface area contributed by atoms with Crippen LogP contribution < -0.4 is 10.5 Å². The number of nitrogens with one attached hydrogen (secondary N) is 2. The summed E-state index contributed by atoms with van der Waals surface area (Å²) in [6.45, 7) is 0. The summed E-state index contributed by atoms with van der Waals surface area (Å²) in [5.74, 6) is 0. The molecule has 0 heterocycles. The van der Waals surface area contributed by atoms with Crippen LogP contribution in [0.3, 0.4) is 0 Å². The molecule has 0 amide bonds. The summed E-state index contributed by atoms with van der Waals surface area (Å²) in [6.07, 6.45) is 0. The molecule has 0 radical (unpaired) electrons. The van der Waals surface area contributed by atoms with Gasteiger partial charge in [-0.2, -0.15) is 10.5 Å². The zero-order chi connectivity index (χ0) is 5.86. The van der Waals surface area contributed by atoms with Crippen molar-refractivity contribution in [1.29, 1.82) is 0 Å². The van der Waals surface area contributed by atoms with Gasteiger partial charge in [0.15, 0.2) is 0 Å². The lowest BCUT2D eigenvalue weighted by atomic mass is 11.5. The van der Waals surface area contributed by atoms with Gasteiger partial charge in [0.1, 0.15) is 14.1 Å². The lowest BCUT2D eigenvalue weighted by molar-refractivity contribution is -1.30. The molecule has 0 fully saturated rings. The highest BCUT2D eigenvalue weighted by Gasteiger charge is 1.87. The highest BCUT2D eigenvalue weighted by molar-refractivity contribution is 3.83. The molecular formula is C2H8N2O3. The molecule has 0 saturated carbocycles. The van der Waals surface area contributed by atoms with Crippen molar-refractivity contribution in [1.82, 2.24) is 0 Å². The molecule has 5 nitrogen and oxygen atoms in total. The zero-order valence-electron chi connectivity index (χ0n) is 4.22. The summed E-state index contributed by atoms with van der Waals surface area (Å²) < 4.78 is 0. The van der Waals surface area contributed by atoms with Crippen molar-refractivity contribution < 1.29 is 15.4 Å². The quantitative estimate of drug-likeness (QED) is 0.367. The predicted octanol–water partition coefficient (Wildman–Crippen LogP) is -3.14. The van der Waals surface area contributed by atoms with Gasteiger partial charge < -0.3 is 10.4 Å². The fourth-order valence-corrected chi connectivity index (χ4v) is 0.202. The van der Waals surface area contributed by atoms with Crippen LogP contribution in [0.15, 0.2) is 0 Å². The molecule has 5 heteroatoms. The molecule has 2 N–H and O–H groups in total. The van der Waals surface area contributed by atoms with Crippen LogP contribution in [0.4, 0.5) is 0 Å². The van der Waals surface area contributed by atoms with E-state index < -0.39 is 10.5 Å². The molecule has 0 aromatic heterocycles. The minimum atomic E-state index is -0.562. The first-order chi connectivity index (χ1) is 3.13. The molecular weight excluding hydrogens is 100 g/mol. The van der Waals surface area contributed by atoms with E-state index in [1.165, 1.54) is 14.1 Å². The summed E-state index contributed by atoms with van der Waals surface area (Å²) in [5, 5.41) is 18.5. The standard InChI is InChI=1S/C2H8N2O3/c1-3(5)7-4(2)6/h3-4H,1-2H3. The van der Waals surface area contributed by atoms with Crippen molar-refractivity contribution >= 4 is 0 Å². The van der Waals surface area contributed by atoms with Crippen LogP contribution in [0, 0.1) is 10.4 Å². The maximum atomic E-state index is 9.81. The third-order valence-corrected chi connectivity index (χ3v) is 0.287. The van der Waals surface area contributed by atoms with Crippen LogP contribution in [-0.2, 0) is 4.94 Å². The zero-order valence-corrected chi connectivity index (χ0v) is 4.22. The van der Waals surface area contributed by atoms with Gasteiger partial charge in [-0.3, -0.25) is 0 Å². The Morgan fingerprint density at radius 2 is 1.43 bits per heavy atom. The van der Waals surface area contributed by atoms with E-state index in [1.807, 2.05) is 0 Å². The highest BCUT2D eigenvalue weighted by atomic mass is 17.1. The van der Waals surface area contributed by atoms with E-state index in [0.29, 0.717) is 0 Å². The Hall–Kier alpha value is -0.200. The first kappa shape index (κ1) is 6.80. The molecule has 0 aromatic rings. The Bertz CT molecular complexity index is 40.2. The van der Waals surface area contributed by atoms with Crippen LogP contribution in [0.2, 0.25) is 0 Å². The molecule has 0 aliphatic rings. The first-order valence-electron chi connectivity index (χ1n) is 1.82. The number of rotatable bonds is 2. The number of quaternary nitrogens is 2. The van der Waals surface area contributed by atoms with Crippen LogP contribution in [0.25, 0.3) is 0 Å². The largest absolute Gasteiger partial charge is 0.596 e. The number of hydroxylamine groups is 4. The van der Waals surface area contributed by atoms with Crippen molar-refractivity contribution in [2.45, 2.75) is 0 Å². The van der Waals surface area contributed by atoms with Crippen LogP contribution in [-0.4, -0.2) is 14.1 Å². The number of hydrogen-bond acceptors (Lipinski definition) is 3. The van der Waals surface area contributed by atoms with E-state index in [0.717, 1.165) is 0 Å². The van der Waals surface area contributed by atoms with Gasteiger partial charge in [0, 0.05) is 0 Å². The molecule has 0 aliphatic carbocycles. The van der Waals surface area contributed by atoms with E-state index in [2.05, 4.69) is 4.94 Å². The fourth-order valence-electron chi connectivity index (χ4n) is 0.202. The molecule has 0 rings (SSSR count). The minimum Gasteiger partial charge on any atom is -0.596 e. The van der Waals surface area contributed by atoms with Crippen LogP contribution in [0.5, 0.6) is 0 Å². The van der Waals surface area contributed by atoms with E-state index in [4.69, 9.17) is 0 Å².